The number of rotatable bonds is 3. The molecule has 27 heavy (non-hydrogen) atoms. The van der Waals surface area contributed by atoms with Crippen LogP contribution in [0.3, 0.4) is 0 Å². The number of anilines is 1. The molecular formula is C18H13F2N5OS. The van der Waals surface area contributed by atoms with Crippen LogP contribution in [0.4, 0.5) is 13.9 Å². The first-order valence-electron chi connectivity index (χ1n) is 7.98. The molecule has 4 rings (SSSR count). The Balaban J connectivity index is 1.62. The Morgan fingerprint density at radius 1 is 1.15 bits per heavy atom. The maximum absolute atomic E-state index is 13.3. The number of aryl methyl sites for hydroxylation is 1. The molecule has 0 saturated heterocycles. The predicted octanol–water partition coefficient (Wildman–Crippen LogP) is 4.02. The van der Waals surface area contributed by atoms with Gasteiger partial charge in [-0.3, -0.25) is 10.1 Å². The maximum atomic E-state index is 13.3. The van der Waals surface area contributed by atoms with Gasteiger partial charge in [0.2, 0.25) is 0 Å². The molecule has 0 bridgehead atoms. The summed E-state index contributed by atoms with van der Waals surface area (Å²) >= 11 is 1.05. The number of hydrogen-bond acceptors (Lipinski definition) is 5. The highest BCUT2D eigenvalue weighted by atomic mass is 32.1. The normalized spacial score (nSPS) is 11.1. The molecule has 2 aromatic heterocycles. The number of carbonyl (C=O) groups excluding carboxylic acids is 1. The van der Waals surface area contributed by atoms with Crippen molar-refractivity contribution in [3.8, 4) is 5.69 Å². The third-order valence-corrected chi connectivity index (χ3v) is 4.94. The highest BCUT2D eigenvalue weighted by Crippen LogP contribution is 2.28. The molecule has 0 atom stereocenters. The van der Waals surface area contributed by atoms with Crippen molar-refractivity contribution in [3.05, 3.63) is 65.0 Å². The van der Waals surface area contributed by atoms with Crippen LogP contribution in [0, 0.1) is 25.5 Å². The Morgan fingerprint density at radius 3 is 2.70 bits per heavy atom. The first kappa shape index (κ1) is 17.2. The van der Waals surface area contributed by atoms with E-state index in [1.165, 1.54) is 0 Å². The topological polar surface area (TPSA) is 72.7 Å². The van der Waals surface area contributed by atoms with Gasteiger partial charge < -0.3 is 0 Å². The summed E-state index contributed by atoms with van der Waals surface area (Å²) in [5, 5.41) is 10.8. The summed E-state index contributed by atoms with van der Waals surface area (Å²) in [5.74, 6) is -2.44. The second kappa shape index (κ2) is 6.51. The fourth-order valence-corrected chi connectivity index (χ4v) is 3.54. The number of nitrogens with zero attached hydrogens (tertiary/aromatic N) is 4. The summed E-state index contributed by atoms with van der Waals surface area (Å²) in [6, 6.07) is 9.70. The lowest BCUT2D eigenvalue weighted by Gasteiger charge is -2.04. The molecule has 9 heteroatoms. The van der Waals surface area contributed by atoms with E-state index < -0.39 is 17.5 Å². The zero-order valence-electron chi connectivity index (χ0n) is 14.3. The van der Waals surface area contributed by atoms with Crippen LogP contribution in [0.15, 0.2) is 36.4 Å². The number of benzene rings is 2. The monoisotopic (exact) mass is 385 g/mol. The molecule has 0 aliphatic rings. The molecule has 6 nitrogen and oxygen atoms in total. The highest BCUT2D eigenvalue weighted by Gasteiger charge is 2.19. The number of nitrogens with one attached hydrogen (secondary N) is 1. The number of amides is 1. The molecule has 0 unspecified atom stereocenters. The van der Waals surface area contributed by atoms with Crippen LogP contribution in [-0.2, 0) is 0 Å². The third kappa shape index (κ3) is 3.17. The first-order valence-corrected chi connectivity index (χ1v) is 8.80. The van der Waals surface area contributed by atoms with Crippen molar-refractivity contribution < 1.29 is 13.6 Å². The molecule has 0 saturated carbocycles. The lowest BCUT2D eigenvalue weighted by molar-refractivity contribution is 0.102. The van der Waals surface area contributed by atoms with Gasteiger partial charge in [-0.15, -0.1) is 5.10 Å². The summed E-state index contributed by atoms with van der Waals surface area (Å²) in [7, 11) is 0. The van der Waals surface area contributed by atoms with Crippen molar-refractivity contribution in [3.63, 3.8) is 0 Å². The molecule has 2 heterocycles. The molecule has 0 fully saturated rings. The molecule has 4 aromatic rings. The van der Waals surface area contributed by atoms with Crippen LogP contribution in [0.25, 0.3) is 15.9 Å². The van der Waals surface area contributed by atoms with Gasteiger partial charge in [0.1, 0.15) is 0 Å². The summed E-state index contributed by atoms with van der Waals surface area (Å²) in [6.45, 7) is 3.70. The number of aromatic nitrogens is 4. The lowest BCUT2D eigenvalue weighted by atomic mass is 10.2. The summed E-state index contributed by atoms with van der Waals surface area (Å²) in [4.78, 5) is 16.7. The van der Waals surface area contributed by atoms with Crippen molar-refractivity contribution in [2.24, 2.45) is 0 Å². The number of halogens is 2. The van der Waals surface area contributed by atoms with Gasteiger partial charge in [0.15, 0.2) is 22.5 Å². The molecule has 1 amide bonds. The smallest absolute Gasteiger partial charge is 0.279 e. The molecular weight excluding hydrogens is 372 g/mol. The summed E-state index contributed by atoms with van der Waals surface area (Å²) in [5.41, 5.74) is 2.84. The largest absolute Gasteiger partial charge is 0.296 e. The van der Waals surface area contributed by atoms with Gasteiger partial charge in [0.25, 0.3) is 5.91 Å². The van der Waals surface area contributed by atoms with Gasteiger partial charge in [-0.05, 0) is 37.6 Å². The van der Waals surface area contributed by atoms with Crippen LogP contribution in [0.1, 0.15) is 21.7 Å². The average Bonchev–Trinajstić information content (AvgIpc) is 3.18. The van der Waals surface area contributed by atoms with Crippen molar-refractivity contribution in [2.75, 3.05) is 5.32 Å². The standard InChI is InChI=1S/C18H13F2N5OS/c1-9-4-3-5-11(6-9)25-10(2)16(23-24-25)17(26)22-18-21-14-7-12(19)13(20)8-15(14)27-18/h3-8H,1-2H3,(H,21,22,26). The van der Waals surface area contributed by atoms with Crippen LogP contribution < -0.4 is 5.32 Å². The van der Waals surface area contributed by atoms with Crippen LogP contribution >= 0.6 is 11.3 Å². The van der Waals surface area contributed by atoms with Crippen molar-refractivity contribution in [2.45, 2.75) is 13.8 Å². The van der Waals surface area contributed by atoms with Crippen LogP contribution in [0.2, 0.25) is 0 Å². The van der Waals surface area contributed by atoms with E-state index in [-0.39, 0.29) is 16.3 Å². The number of hydrogen-bond donors (Lipinski definition) is 1. The van der Waals surface area contributed by atoms with E-state index in [0.717, 1.165) is 34.7 Å². The molecule has 0 radical (unpaired) electrons. The number of thiazole rings is 1. The average molecular weight is 385 g/mol. The molecule has 0 aliphatic heterocycles. The Kier molecular flexibility index (Phi) is 4.15. The van der Waals surface area contributed by atoms with Crippen LogP contribution in [0.5, 0.6) is 0 Å². The quantitative estimate of drug-likeness (QED) is 0.578. The Morgan fingerprint density at radius 2 is 1.93 bits per heavy atom. The zero-order chi connectivity index (χ0) is 19.1. The zero-order valence-corrected chi connectivity index (χ0v) is 15.1. The van der Waals surface area contributed by atoms with Gasteiger partial charge >= 0.3 is 0 Å². The van der Waals surface area contributed by atoms with E-state index in [4.69, 9.17) is 0 Å². The van der Waals surface area contributed by atoms with Gasteiger partial charge in [-0.25, -0.2) is 18.4 Å². The Hall–Kier alpha value is -3.20. The van der Waals surface area contributed by atoms with Crippen LogP contribution in [-0.4, -0.2) is 25.9 Å². The molecule has 2 aromatic carbocycles. The van der Waals surface area contributed by atoms with E-state index in [1.54, 1.807) is 11.6 Å². The van der Waals surface area contributed by atoms with Gasteiger partial charge in [0, 0.05) is 6.07 Å². The minimum Gasteiger partial charge on any atom is -0.296 e. The molecule has 136 valence electrons. The van der Waals surface area contributed by atoms with Crippen molar-refractivity contribution >= 4 is 32.6 Å². The molecule has 0 aliphatic carbocycles. The van der Waals surface area contributed by atoms with Crippen molar-refractivity contribution in [1.29, 1.82) is 0 Å². The number of fused-ring (bicyclic) bond motifs is 1. The van der Waals surface area contributed by atoms with E-state index in [1.807, 2.05) is 31.2 Å². The first-order chi connectivity index (χ1) is 12.9. The fraction of sp³-hybridized carbons (Fsp3) is 0.111. The fourth-order valence-electron chi connectivity index (χ4n) is 2.68. The summed E-state index contributed by atoms with van der Waals surface area (Å²) < 4.78 is 28.6. The van der Waals surface area contributed by atoms with E-state index >= 15 is 0 Å². The van der Waals surface area contributed by atoms with Gasteiger partial charge in [-0.1, -0.05) is 28.7 Å². The molecule has 1 N–H and O–H groups in total. The highest BCUT2D eigenvalue weighted by molar-refractivity contribution is 7.22. The maximum Gasteiger partial charge on any atom is 0.279 e. The second-order valence-corrected chi connectivity index (χ2v) is 7.01. The van der Waals surface area contributed by atoms with Gasteiger partial charge in [0.05, 0.1) is 21.6 Å². The lowest BCUT2D eigenvalue weighted by Crippen LogP contribution is -2.14. The Bertz CT molecular complexity index is 1140. The van der Waals surface area contributed by atoms with E-state index in [0.29, 0.717) is 10.4 Å². The summed E-state index contributed by atoms with van der Waals surface area (Å²) in [6.07, 6.45) is 0. The predicted molar refractivity (Wildman–Crippen MR) is 98.3 cm³/mol. The minimum absolute atomic E-state index is 0.146. The SMILES string of the molecule is Cc1cccc(-n2nnc(C(=O)Nc3nc4cc(F)c(F)cc4s3)c2C)c1. The van der Waals surface area contributed by atoms with E-state index in [2.05, 4.69) is 20.6 Å². The Labute approximate surface area is 156 Å². The van der Waals surface area contributed by atoms with Crippen molar-refractivity contribution in [1.82, 2.24) is 20.0 Å². The number of carbonyl (C=O) groups is 1. The third-order valence-electron chi connectivity index (χ3n) is 4.01. The van der Waals surface area contributed by atoms with E-state index in [9.17, 15) is 13.6 Å². The van der Waals surface area contributed by atoms with Gasteiger partial charge in [-0.2, -0.15) is 0 Å². The second-order valence-electron chi connectivity index (χ2n) is 5.98. The molecule has 0 spiro atoms. The minimum atomic E-state index is -0.984.